The molecule has 1 aromatic rings. The van der Waals surface area contributed by atoms with Crippen LogP contribution in [0.4, 0.5) is 0 Å². The summed E-state index contributed by atoms with van der Waals surface area (Å²) in [4.78, 5) is 0. The molecule has 1 fully saturated rings. The summed E-state index contributed by atoms with van der Waals surface area (Å²) in [5.74, 6) is 0.954. The van der Waals surface area contributed by atoms with E-state index in [2.05, 4.69) is 43.5 Å². The third-order valence-corrected chi connectivity index (χ3v) is 4.14. The number of aryl methyl sites for hydroxylation is 1. The maximum atomic E-state index is 5.84. The second-order valence-corrected chi connectivity index (χ2v) is 6.48. The predicted octanol–water partition coefficient (Wildman–Crippen LogP) is 3.27. The molecule has 1 aromatic carbocycles. The molecule has 1 aliphatic heterocycles. The Balaban J connectivity index is 1.65. The minimum absolute atomic E-state index is 0.366. The van der Waals surface area contributed by atoms with E-state index in [0.717, 1.165) is 5.75 Å². The van der Waals surface area contributed by atoms with E-state index in [9.17, 15) is 0 Å². The van der Waals surface area contributed by atoms with Crippen molar-refractivity contribution in [2.24, 2.45) is 0 Å². The van der Waals surface area contributed by atoms with Crippen LogP contribution in [0.2, 0.25) is 0 Å². The molecule has 3 unspecified atom stereocenters. The van der Waals surface area contributed by atoms with E-state index < -0.39 is 0 Å². The van der Waals surface area contributed by atoms with Crippen molar-refractivity contribution in [2.75, 3.05) is 13.2 Å². The molecule has 2 rings (SSSR count). The van der Waals surface area contributed by atoms with Gasteiger partial charge in [-0.15, -0.1) is 0 Å². The fraction of sp³-hybridized carbons (Fsp3) is 0.667. The van der Waals surface area contributed by atoms with E-state index in [-0.39, 0.29) is 0 Å². The number of benzene rings is 1. The van der Waals surface area contributed by atoms with Gasteiger partial charge in [0.25, 0.3) is 0 Å². The molecule has 1 aliphatic rings. The van der Waals surface area contributed by atoms with Gasteiger partial charge in [-0.1, -0.05) is 24.1 Å². The lowest BCUT2D eigenvalue weighted by Crippen LogP contribution is -2.44. The maximum Gasteiger partial charge on any atom is 0.119 e. The van der Waals surface area contributed by atoms with Crippen molar-refractivity contribution < 1.29 is 4.74 Å². The fourth-order valence-electron chi connectivity index (χ4n) is 3.01. The molecule has 0 aliphatic carbocycles. The first-order valence-electron chi connectivity index (χ1n) is 8.32. The average Bonchev–Trinajstić information content (AvgIpc) is 2.47. The molecule has 0 bridgehead atoms. The van der Waals surface area contributed by atoms with Gasteiger partial charge in [-0.3, -0.25) is 0 Å². The largest absolute Gasteiger partial charge is 0.492 e. The summed E-state index contributed by atoms with van der Waals surface area (Å²) >= 11 is 0. The quantitative estimate of drug-likeness (QED) is 0.808. The smallest absolute Gasteiger partial charge is 0.119 e. The van der Waals surface area contributed by atoms with E-state index in [1.807, 2.05) is 12.1 Å². The zero-order valence-corrected chi connectivity index (χ0v) is 13.7. The highest BCUT2D eigenvalue weighted by Gasteiger charge is 2.16. The van der Waals surface area contributed by atoms with E-state index >= 15 is 0 Å². The van der Waals surface area contributed by atoms with E-state index in [1.54, 1.807) is 0 Å². The van der Waals surface area contributed by atoms with Crippen LogP contribution >= 0.6 is 0 Å². The highest BCUT2D eigenvalue weighted by atomic mass is 16.5. The molecule has 0 aromatic heterocycles. The first-order chi connectivity index (χ1) is 10.1. The summed E-state index contributed by atoms with van der Waals surface area (Å²) < 4.78 is 5.84. The van der Waals surface area contributed by atoms with Crippen LogP contribution in [-0.4, -0.2) is 31.3 Å². The standard InChI is InChI=1S/C18H30N2O/c1-14-7-9-18(10-8-14)21-13-16(3)20-15(2)12-17-6-4-5-11-19-17/h7-10,15-17,19-20H,4-6,11-13H2,1-3H3. The lowest BCUT2D eigenvalue weighted by molar-refractivity contribution is 0.252. The van der Waals surface area contributed by atoms with Gasteiger partial charge in [0, 0.05) is 18.1 Å². The van der Waals surface area contributed by atoms with Crippen molar-refractivity contribution in [3.63, 3.8) is 0 Å². The fourth-order valence-corrected chi connectivity index (χ4v) is 3.01. The first kappa shape index (κ1) is 16.3. The molecule has 0 saturated carbocycles. The normalized spacial score (nSPS) is 21.8. The number of ether oxygens (including phenoxy) is 1. The molecular weight excluding hydrogens is 260 g/mol. The molecule has 1 saturated heterocycles. The molecule has 3 heteroatoms. The number of nitrogens with one attached hydrogen (secondary N) is 2. The highest BCUT2D eigenvalue weighted by Crippen LogP contribution is 2.13. The molecule has 1 heterocycles. The summed E-state index contributed by atoms with van der Waals surface area (Å²) in [7, 11) is 0. The van der Waals surface area contributed by atoms with Gasteiger partial charge in [0.05, 0.1) is 0 Å². The van der Waals surface area contributed by atoms with Gasteiger partial charge < -0.3 is 15.4 Å². The Labute approximate surface area is 129 Å². The zero-order chi connectivity index (χ0) is 15.1. The Morgan fingerprint density at radius 2 is 1.95 bits per heavy atom. The molecule has 3 atom stereocenters. The highest BCUT2D eigenvalue weighted by molar-refractivity contribution is 5.26. The van der Waals surface area contributed by atoms with Crippen molar-refractivity contribution in [1.29, 1.82) is 0 Å². The van der Waals surface area contributed by atoms with E-state index in [4.69, 9.17) is 4.74 Å². The van der Waals surface area contributed by atoms with Gasteiger partial charge in [-0.2, -0.15) is 0 Å². The van der Waals surface area contributed by atoms with Crippen LogP contribution in [0.3, 0.4) is 0 Å². The number of piperidine rings is 1. The number of hydrogen-bond acceptors (Lipinski definition) is 3. The summed E-state index contributed by atoms with van der Waals surface area (Å²) in [5.41, 5.74) is 1.27. The Morgan fingerprint density at radius 3 is 2.62 bits per heavy atom. The third-order valence-electron chi connectivity index (χ3n) is 4.14. The van der Waals surface area contributed by atoms with Crippen LogP contribution in [0, 0.1) is 6.92 Å². The number of hydrogen-bond donors (Lipinski definition) is 2. The lowest BCUT2D eigenvalue weighted by Gasteiger charge is -2.28. The van der Waals surface area contributed by atoms with Gasteiger partial charge in [-0.05, 0) is 58.7 Å². The Kier molecular flexibility index (Phi) is 6.52. The second kappa shape index (κ2) is 8.40. The summed E-state index contributed by atoms with van der Waals surface area (Å²) in [5, 5.41) is 7.26. The van der Waals surface area contributed by atoms with E-state index in [1.165, 1.54) is 37.8 Å². The molecule has 0 amide bonds. The average molecular weight is 290 g/mol. The van der Waals surface area contributed by atoms with Crippen LogP contribution in [0.1, 0.15) is 45.1 Å². The van der Waals surface area contributed by atoms with Gasteiger partial charge in [0.2, 0.25) is 0 Å². The zero-order valence-electron chi connectivity index (χ0n) is 13.7. The molecule has 0 spiro atoms. The Bertz CT molecular complexity index is 398. The Hall–Kier alpha value is -1.06. The van der Waals surface area contributed by atoms with Crippen molar-refractivity contribution >= 4 is 0 Å². The number of rotatable bonds is 7. The lowest BCUT2D eigenvalue weighted by atomic mass is 9.98. The van der Waals surface area contributed by atoms with Crippen LogP contribution in [0.5, 0.6) is 5.75 Å². The second-order valence-electron chi connectivity index (χ2n) is 6.48. The topological polar surface area (TPSA) is 33.3 Å². The SMILES string of the molecule is Cc1ccc(OCC(C)NC(C)CC2CCCCN2)cc1. The van der Waals surface area contributed by atoms with Gasteiger partial charge >= 0.3 is 0 Å². The van der Waals surface area contributed by atoms with Crippen molar-refractivity contribution in [2.45, 2.75) is 64.6 Å². The van der Waals surface area contributed by atoms with Gasteiger partial charge in [0.15, 0.2) is 0 Å². The molecule has 3 nitrogen and oxygen atoms in total. The minimum Gasteiger partial charge on any atom is -0.492 e. The van der Waals surface area contributed by atoms with Gasteiger partial charge in [0.1, 0.15) is 12.4 Å². The van der Waals surface area contributed by atoms with Crippen LogP contribution < -0.4 is 15.4 Å². The predicted molar refractivity (Wildman–Crippen MR) is 89.0 cm³/mol. The van der Waals surface area contributed by atoms with E-state index in [0.29, 0.717) is 24.7 Å². The summed E-state index contributed by atoms with van der Waals surface area (Å²) in [6.45, 7) is 8.46. The van der Waals surface area contributed by atoms with Crippen LogP contribution in [0.15, 0.2) is 24.3 Å². The van der Waals surface area contributed by atoms with Gasteiger partial charge in [-0.25, -0.2) is 0 Å². The van der Waals surface area contributed by atoms with Crippen molar-refractivity contribution in [3.8, 4) is 5.75 Å². The Morgan fingerprint density at radius 1 is 1.19 bits per heavy atom. The minimum atomic E-state index is 0.366. The summed E-state index contributed by atoms with van der Waals surface area (Å²) in [6, 6.07) is 9.83. The third kappa shape index (κ3) is 6.06. The molecule has 118 valence electrons. The first-order valence-corrected chi connectivity index (χ1v) is 8.32. The molecule has 21 heavy (non-hydrogen) atoms. The molecular formula is C18H30N2O. The molecule has 0 radical (unpaired) electrons. The van der Waals surface area contributed by atoms with Crippen molar-refractivity contribution in [3.05, 3.63) is 29.8 Å². The molecule has 2 N–H and O–H groups in total. The summed E-state index contributed by atoms with van der Waals surface area (Å²) in [6.07, 6.45) is 5.23. The maximum absolute atomic E-state index is 5.84. The van der Waals surface area contributed by atoms with Crippen LogP contribution in [0.25, 0.3) is 0 Å². The van der Waals surface area contributed by atoms with Crippen LogP contribution in [-0.2, 0) is 0 Å². The van der Waals surface area contributed by atoms with Crippen molar-refractivity contribution in [1.82, 2.24) is 10.6 Å². The monoisotopic (exact) mass is 290 g/mol.